The molecule has 1 saturated heterocycles. The van der Waals surface area contributed by atoms with Gasteiger partial charge in [0.1, 0.15) is 6.61 Å². The fourth-order valence-electron chi connectivity index (χ4n) is 3.10. The molecule has 6 nitrogen and oxygen atoms in total. The smallest absolute Gasteiger partial charge is 0.251 e. The minimum absolute atomic E-state index is 0.116. The number of ether oxygens (including phenoxy) is 3. The Balaban J connectivity index is 1.49. The van der Waals surface area contributed by atoms with Gasteiger partial charge < -0.3 is 19.5 Å². The van der Waals surface area contributed by atoms with Gasteiger partial charge in [0.2, 0.25) is 0 Å². The fourth-order valence-corrected chi connectivity index (χ4v) is 3.23. The first kappa shape index (κ1) is 21.4. The van der Waals surface area contributed by atoms with Crippen LogP contribution in [0.3, 0.4) is 0 Å². The first-order chi connectivity index (χ1) is 14.2. The molecule has 1 N–H and O–H groups in total. The van der Waals surface area contributed by atoms with Crippen molar-refractivity contribution in [3.05, 3.63) is 58.6 Å². The molecule has 0 spiro atoms. The van der Waals surface area contributed by atoms with Crippen LogP contribution in [0, 0.1) is 0 Å². The average Bonchev–Trinajstić information content (AvgIpc) is 2.77. The molecular weight excluding hydrogens is 392 g/mol. The van der Waals surface area contributed by atoms with Crippen LogP contribution < -0.4 is 14.8 Å². The highest BCUT2D eigenvalue weighted by molar-refractivity contribution is 6.30. The predicted octanol–water partition coefficient (Wildman–Crippen LogP) is 3.38. The fraction of sp³-hybridized carbons (Fsp3) is 0.409. The third-order valence-corrected chi connectivity index (χ3v) is 5.03. The lowest BCUT2D eigenvalue weighted by Crippen LogP contribution is -2.38. The van der Waals surface area contributed by atoms with E-state index in [9.17, 15) is 4.79 Å². The van der Waals surface area contributed by atoms with Crippen molar-refractivity contribution in [3.8, 4) is 11.5 Å². The molecule has 0 aromatic heterocycles. The summed E-state index contributed by atoms with van der Waals surface area (Å²) in [7, 11) is 1.56. The van der Waals surface area contributed by atoms with Crippen molar-refractivity contribution in [2.45, 2.75) is 13.0 Å². The average molecular weight is 419 g/mol. The minimum Gasteiger partial charge on any atom is -0.493 e. The van der Waals surface area contributed by atoms with Crippen molar-refractivity contribution in [2.24, 2.45) is 0 Å². The highest BCUT2D eigenvalue weighted by atomic mass is 35.5. The molecule has 1 heterocycles. The summed E-state index contributed by atoms with van der Waals surface area (Å²) in [4.78, 5) is 14.8. The first-order valence-corrected chi connectivity index (χ1v) is 10.2. The number of hydrogen-bond acceptors (Lipinski definition) is 5. The Kier molecular flexibility index (Phi) is 8.16. The molecule has 29 heavy (non-hydrogen) atoms. The van der Waals surface area contributed by atoms with Crippen LogP contribution in [0.2, 0.25) is 5.02 Å². The zero-order chi connectivity index (χ0) is 20.5. The van der Waals surface area contributed by atoms with Crippen LogP contribution in [-0.2, 0) is 11.3 Å². The highest BCUT2D eigenvalue weighted by Gasteiger charge is 2.12. The number of morpholine rings is 1. The number of carbonyl (C=O) groups excluding carboxylic acids is 1. The molecule has 0 atom stereocenters. The summed E-state index contributed by atoms with van der Waals surface area (Å²) in [6.45, 7) is 5.49. The summed E-state index contributed by atoms with van der Waals surface area (Å²) >= 11 is 5.90. The van der Waals surface area contributed by atoms with Crippen molar-refractivity contribution < 1.29 is 19.0 Å². The normalized spacial score (nSPS) is 14.4. The molecule has 0 bridgehead atoms. The van der Waals surface area contributed by atoms with Crippen LogP contribution in [0.4, 0.5) is 0 Å². The van der Waals surface area contributed by atoms with Crippen LogP contribution in [0.5, 0.6) is 11.5 Å². The number of hydrogen-bond donors (Lipinski definition) is 1. The van der Waals surface area contributed by atoms with E-state index in [1.54, 1.807) is 25.3 Å². The van der Waals surface area contributed by atoms with E-state index < -0.39 is 0 Å². The SMILES string of the molecule is COc1cc(C(=O)NCCCN2CCOCC2)ccc1OCc1ccc(Cl)cc1. The Labute approximate surface area is 176 Å². The van der Waals surface area contributed by atoms with Crippen LogP contribution in [0.15, 0.2) is 42.5 Å². The first-order valence-electron chi connectivity index (χ1n) is 9.79. The molecule has 3 rings (SSSR count). The second-order valence-corrected chi connectivity index (χ2v) is 7.28. The summed E-state index contributed by atoms with van der Waals surface area (Å²) in [6.07, 6.45) is 0.908. The van der Waals surface area contributed by atoms with E-state index in [0.717, 1.165) is 44.8 Å². The highest BCUT2D eigenvalue weighted by Crippen LogP contribution is 2.29. The molecule has 1 aliphatic rings. The quantitative estimate of drug-likeness (QED) is 0.632. The van der Waals surface area contributed by atoms with Gasteiger partial charge in [-0.1, -0.05) is 23.7 Å². The molecule has 2 aromatic rings. The van der Waals surface area contributed by atoms with E-state index in [0.29, 0.717) is 35.2 Å². The van der Waals surface area contributed by atoms with Gasteiger partial charge >= 0.3 is 0 Å². The van der Waals surface area contributed by atoms with Gasteiger partial charge in [-0.2, -0.15) is 0 Å². The van der Waals surface area contributed by atoms with E-state index in [-0.39, 0.29) is 5.91 Å². The third kappa shape index (κ3) is 6.63. The monoisotopic (exact) mass is 418 g/mol. The number of nitrogens with zero attached hydrogens (tertiary/aromatic N) is 1. The molecule has 1 aliphatic heterocycles. The van der Waals surface area contributed by atoms with Crippen molar-refractivity contribution in [3.63, 3.8) is 0 Å². The molecule has 0 radical (unpaired) electrons. The molecule has 2 aromatic carbocycles. The van der Waals surface area contributed by atoms with Gasteiger partial charge in [0.25, 0.3) is 5.91 Å². The van der Waals surface area contributed by atoms with Crippen LogP contribution in [0.25, 0.3) is 0 Å². The number of carbonyl (C=O) groups is 1. The number of benzene rings is 2. The van der Waals surface area contributed by atoms with Gasteiger partial charge in [-0.25, -0.2) is 0 Å². The zero-order valence-corrected chi connectivity index (χ0v) is 17.4. The Bertz CT molecular complexity index is 792. The third-order valence-electron chi connectivity index (χ3n) is 4.77. The number of nitrogens with one attached hydrogen (secondary N) is 1. The summed E-state index contributed by atoms with van der Waals surface area (Å²) < 4.78 is 16.6. The van der Waals surface area contributed by atoms with Gasteiger partial charge in [-0.3, -0.25) is 9.69 Å². The molecule has 0 aliphatic carbocycles. The topological polar surface area (TPSA) is 60.0 Å². The number of methoxy groups -OCH3 is 1. The molecule has 0 unspecified atom stereocenters. The lowest BCUT2D eigenvalue weighted by Gasteiger charge is -2.26. The maximum absolute atomic E-state index is 12.4. The Morgan fingerprint density at radius 1 is 1.14 bits per heavy atom. The number of amides is 1. The van der Waals surface area contributed by atoms with E-state index in [1.165, 1.54) is 0 Å². The van der Waals surface area contributed by atoms with Crippen molar-refractivity contribution in [1.29, 1.82) is 0 Å². The Morgan fingerprint density at radius 3 is 2.62 bits per heavy atom. The van der Waals surface area contributed by atoms with Crippen LogP contribution >= 0.6 is 11.6 Å². The van der Waals surface area contributed by atoms with Crippen molar-refractivity contribution in [2.75, 3.05) is 46.5 Å². The molecular formula is C22H27ClN2O4. The van der Waals surface area contributed by atoms with Gasteiger partial charge in [0, 0.05) is 30.2 Å². The molecule has 7 heteroatoms. The van der Waals surface area contributed by atoms with Crippen LogP contribution in [-0.4, -0.2) is 57.3 Å². The van der Waals surface area contributed by atoms with Gasteiger partial charge in [0.15, 0.2) is 11.5 Å². The predicted molar refractivity (Wildman–Crippen MR) is 113 cm³/mol. The zero-order valence-electron chi connectivity index (χ0n) is 16.7. The lowest BCUT2D eigenvalue weighted by molar-refractivity contribution is 0.0374. The lowest BCUT2D eigenvalue weighted by atomic mass is 10.2. The molecule has 156 valence electrons. The molecule has 1 fully saturated rings. The summed E-state index contributed by atoms with van der Waals surface area (Å²) in [5.74, 6) is 1.00. The van der Waals surface area contributed by atoms with E-state index >= 15 is 0 Å². The summed E-state index contributed by atoms with van der Waals surface area (Å²) in [6, 6.07) is 12.7. The standard InChI is InChI=1S/C22H27ClN2O4/c1-27-21-15-18(22(26)24-9-2-10-25-11-13-28-14-12-25)5-8-20(21)29-16-17-3-6-19(23)7-4-17/h3-8,15H,2,9-14,16H2,1H3,(H,24,26). The Hall–Kier alpha value is -2.28. The summed E-state index contributed by atoms with van der Waals surface area (Å²) in [5, 5.41) is 3.65. The molecule has 0 saturated carbocycles. The van der Waals surface area contributed by atoms with E-state index in [2.05, 4.69) is 10.2 Å². The molecule has 1 amide bonds. The van der Waals surface area contributed by atoms with Crippen molar-refractivity contribution >= 4 is 17.5 Å². The van der Waals surface area contributed by atoms with Gasteiger partial charge in [-0.15, -0.1) is 0 Å². The second kappa shape index (κ2) is 11.0. The van der Waals surface area contributed by atoms with E-state index in [1.807, 2.05) is 24.3 Å². The minimum atomic E-state index is -0.116. The summed E-state index contributed by atoms with van der Waals surface area (Å²) in [5.41, 5.74) is 1.55. The van der Waals surface area contributed by atoms with Crippen LogP contribution in [0.1, 0.15) is 22.3 Å². The largest absolute Gasteiger partial charge is 0.493 e. The maximum atomic E-state index is 12.4. The van der Waals surface area contributed by atoms with Gasteiger partial charge in [0.05, 0.1) is 20.3 Å². The second-order valence-electron chi connectivity index (χ2n) is 6.84. The van der Waals surface area contributed by atoms with Crippen molar-refractivity contribution in [1.82, 2.24) is 10.2 Å². The number of rotatable bonds is 9. The van der Waals surface area contributed by atoms with E-state index in [4.69, 9.17) is 25.8 Å². The Morgan fingerprint density at radius 2 is 1.90 bits per heavy atom. The van der Waals surface area contributed by atoms with Gasteiger partial charge in [-0.05, 0) is 48.9 Å². The number of halogens is 1. The maximum Gasteiger partial charge on any atom is 0.251 e.